The van der Waals surface area contributed by atoms with Crippen molar-refractivity contribution in [3.63, 3.8) is 0 Å². The van der Waals surface area contributed by atoms with E-state index in [1.807, 2.05) is 69.3 Å². The van der Waals surface area contributed by atoms with Crippen LogP contribution < -0.4 is 10.9 Å². The lowest BCUT2D eigenvalue weighted by Crippen LogP contribution is -2.20. The standard InChI is InChI=1S/C23H25N3O2S/c1-15-8-7-11-20(16(15)2)25-21(27)13-12-19-17(3)24-23(26-22(19)28)29-14-18-9-5-4-6-10-18/h4-11H,12-14H2,1-3H3,(H,25,27)(H,24,26,28). The van der Waals surface area contributed by atoms with Crippen LogP contribution in [0.4, 0.5) is 5.69 Å². The molecule has 0 fully saturated rings. The van der Waals surface area contributed by atoms with Crippen LogP contribution in [0.1, 0.15) is 34.4 Å². The fourth-order valence-corrected chi connectivity index (χ4v) is 3.87. The summed E-state index contributed by atoms with van der Waals surface area (Å²) in [5, 5.41) is 3.53. The monoisotopic (exact) mass is 407 g/mol. The smallest absolute Gasteiger partial charge is 0.254 e. The molecule has 2 aromatic carbocycles. The number of aromatic amines is 1. The van der Waals surface area contributed by atoms with E-state index in [4.69, 9.17) is 0 Å². The van der Waals surface area contributed by atoms with Gasteiger partial charge in [-0.1, -0.05) is 54.2 Å². The van der Waals surface area contributed by atoms with Gasteiger partial charge in [0.05, 0.1) is 0 Å². The van der Waals surface area contributed by atoms with Crippen molar-refractivity contribution in [2.45, 2.75) is 44.5 Å². The lowest BCUT2D eigenvalue weighted by Gasteiger charge is -2.11. The molecule has 0 bridgehead atoms. The topological polar surface area (TPSA) is 74.8 Å². The number of nitrogens with one attached hydrogen (secondary N) is 2. The second kappa shape index (κ2) is 9.56. The van der Waals surface area contributed by atoms with Crippen molar-refractivity contribution >= 4 is 23.4 Å². The minimum absolute atomic E-state index is 0.111. The van der Waals surface area contributed by atoms with Crippen molar-refractivity contribution in [3.8, 4) is 0 Å². The van der Waals surface area contributed by atoms with Crippen molar-refractivity contribution in [1.82, 2.24) is 9.97 Å². The molecule has 3 rings (SSSR count). The Kier molecular flexibility index (Phi) is 6.88. The highest BCUT2D eigenvalue weighted by molar-refractivity contribution is 7.98. The first-order valence-electron chi connectivity index (χ1n) is 9.56. The lowest BCUT2D eigenvalue weighted by molar-refractivity contribution is -0.116. The number of amides is 1. The number of H-pyrrole nitrogens is 1. The molecule has 29 heavy (non-hydrogen) atoms. The first-order valence-corrected chi connectivity index (χ1v) is 10.5. The summed E-state index contributed by atoms with van der Waals surface area (Å²) in [7, 11) is 0. The van der Waals surface area contributed by atoms with Crippen LogP contribution in [0.25, 0.3) is 0 Å². The molecule has 6 heteroatoms. The summed E-state index contributed by atoms with van der Waals surface area (Å²) >= 11 is 1.49. The van der Waals surface area contributed by atoms with Gasteiger partial charge >= 0.3 is 0 Å². The number of aromatic nitrogens is 2. The molecule has 0 saturated heterocycles. The van der Waals surface area contributed by atoms with Crippen molar-refractivity contribution in [3.05, 3.63) is 86.8 Å². The number of rotatable bonds is 7. The Balaban J connectivity index is 1.61. The summed E-state index contributed by atoms with van der Waals surface area (Å²) < 4.78 is 0. The Hall–Kier alpha value is -2.86. The third-order valence-electron chi connectivity index (χ3n) is 4.90. The summed E-state index contributed by atoms with van der Waals surface area (Å²) in [6.45, 7) is 5.81. The van der Waals surface area contributed by atoms with Crippen molar-refractivity contribution < 1.29 is 4.79 Å². The maximum Gasteiger partial charge on any atom is 0.254 e. The highest BCUT2D eigenvalue weighted by atomic mass is 32.2. The number of carbonyl (C=O) groups is 1. The molecule has 0 radical (unpaired) electrons. The van der Waals surface area contributed by atoms with E-state index < -0.39 is 0 Å². The van der Waals surface area contributed by atoms with Crippen molar-refractivity contribution in [2.24, 2.45) is 0 Å². The van der Waals surface area contributed by atoms with Gasteiger partial charge in [-0.25, -0.2) is 4.98 Å². The summed E-state index contributed by atoms with van der Waals surface area (Å²) in [5.74, 6) is 0.626. The summed E-state index contributed by atoms with van der Waals surface area (Å²) in [5.41, 5.74) is 5.22. The highest BCUT2D eigenvalue weighted by Gasteiger charge is 2.12. The zero-order valence-corrected chi connectivity index (χ0v) is 17.7. The fourth-order valence-electron chi connectivity index (χ4n) is 3.01. The minimum Gasteiger partial charge on any atom is -0.326 e. The number of anilines is 1. The zero-order valence-electron chi connectivity index (χ0n) is 16.9. The van der Waals surface area contributed by atoms with Gasteiger partial charge in [0.1, 0.15) is 0 Å². The Morgan fingerprint density at radius 1 is 1.07 bits per heavy atom. The van der Waals surface area contributed by atoms with Crippen LogP contribution in [0.15, 0.2) is 58.5 Å². The minimum atomic E-state index is -0.174. The molecule has 0 aliphatic carbocycles. The zero-order chi connectivity index (χ0) is 20.8. The van der Waals surface area contributed by atoms with Crippen molar-refractivity contribution in [2.75, 3.05) is 5.32 Å². The van der Waals surface area contributed by atoms with E-state index in [0.29, 0.717) is 22.8 Å². The van der Waals surface area contributed by atoms with Crippen LogP contribution in [0.2, 0.25) is 0 Å². The molecular weight excluding hydrogens is 382 g/mol. The maximum atomic E-state index is 12.5. The molecule has 0 aliphatic heterocycles. The Bertz CT molecular complexity index is 1060. The summed E-state index contributed by atoms with van der Waals surface area (Å²) in [6.07, 6.45) is 0.587. The summed E-state index contributed by atoms with van der Waals surface area (Å²) in [6, 6.07) is 15.9. The number of hydrogen-bond acceptors (Lipinski definition) is 4. The first kappa shape index (κ1) is 20.9. The van der Waals surface area contributed by atoms with Crippen LogP contribution in [-0.4, -0.2) is 15.9 Å². The molecule has 150 valence electrons. The molecule has 1 heterocycles. The summed E-state index contributed by atoms with van der Waals surface area (Å²) in [4.78, 5) is 32.2. The molecule has 1 amide bonds. The molecule has 0 saturated carbocycles. The molecule has 0 spiro atoms. The van der Waals surface area contributed by atoms with Gasteiger partial charge in [0.25, 0.3) is 5.56 Å². The van der Waals surface area contributed by atoms with E-state index in [1.165, 1.54) is 17.3 Å². The molecule has 0 atom stereocenters. The predicted octanol–water partition coefficient (Wildman–Crippen LogP) is 4.56. The van der Waals surface area contributed by atoms with E-state index in [2.05, 4.69) is 15.3 Å². The lowest BCUT2D eigenvalue weighted by atomic mass is 10.1. The molecule has 5 nitrogen and oxygen atoms in total. The molecule has 3 aromatic rings. The molecule has 0 aliphatic rings. The molecule has 0 unspecified atom stereocenters. The van der Waals surface area contributed by atoms with Gasteiger partial charge < -0.3 is 10.3 Å². The van der Waals surface area contributed by atoms with E-state index in [9.17, 15) is 9.59 Å². The van der Waals surface area contributed by atoms with E-state index >= 15 is 0 Å². The van der Waals surface area contributed by atoms with Gasteiger partial charge in [-0.2, -0.15) is 0 Å². The molecule has 2 N–H and O–H groups in total. The number of thioether (sulfide) groups is 1. The Morgan fingerprint density at radius 3 is 2.55 bits per heavy atom. The van der Waals surface area contributed by atoms with Crippen LogP contribution in [0, 0.1) is 20.8 Å². The predicted molar refractivity (Wildman–Crippen MR) is 118 cm³/mol. The quantitative estimate of drug-likeness (QED) is 0.445. The van der Waals surface area contributed by atoms with Gasteiger partial charge in [0.2, 0.25) is 5.91 Å². The van der Waals surface area contributed by atoms with E-state index in [-0.39, 0.29) is 17.9 Å². The Labute approximate surface area is 175 Å². The first-order chi connectivity index (χ1) is 13.9. The van der Waals surface area contributed by atoms with Crippen LogP contribution >= 0.6 is 11.8 Å². The Morgan fingerprint density at radius 2 is 1.83 bits per heavy atom. The normalized spacial score (nSPS) is 10.7. The maximum absolute atomic E-state index is 12.5. The van der Waals surface area contributed by atoms with E-state index in [1.54, 1.807) is 0 Å². The number of nitrogens with zero attached hydrogens (tertiary/aromatic N) is 1. The fraction of sp³-hybridized carbons (Fsp3) is 0.261. The second-order valence-corrected chi connectivity index (χ2v) is 7.97. The average Bonchev–Trinajstić information content (AvgIpc) is 2.70. The second-order valence-electron chi connectivity index (χ2n) is 7.00. The number of carbonyl (C=O) groups excluding carboxylic acids is 1. The van der Waals surface area contributed by atoms with Gasteiger partial charge in [0.15, 0.2) is 5.16 Å². The SMILES string of the molecule is Cc1cccc(NC(=O)CCc2c(C)nc(SCc3ccccc3)[nH]c2=O)c1C. The third kappa shape index (κ3) is 5.57. The molecular formula is C23H25N3O2S. The van der Waals surface area contributed by atoms with Gasteiger partial charge in [-0.15, -0.1) is 0 Å². The van der Waals surface area contributed by atoms with Crippen LogP contribution in [0.3, 0.4) is 0 Å². The van der Waals surface area contributed by atoms with Crippen LogP contribution in [0.5, 0.6) is 0 Å². The van der Waals surface area contributed by atoms with E-state index in [0.717, 1.165) is 22.6 Å². The van der Waals surface area contributed by atoms with Crippen molar-refractivity contribution in [1.29, 1.82) is 0 Å². The number of hydrogen-bond donors (Lipinski definition) is 2. The average molecular weight is 408 g/mol. The molecule has 1 aromatic heterocycles. The van der Waals surface area contributed by atoms with Gasteiger partial charge in [0, 0.05) is 29.1 Å². The third-order valence-corrected chi connectivity index (χ3v) is 5.84. The van der Waals surface area contributed by atoms with Crippen LogP contribution in [-0.2, 0) is 17.0 Å². The van der Waals surface area contributed by atoms with Gasteiger partial charge in [-0.3, -0.25) is 9.59 Å². The number of benzene rings is 2. The number of aryl methyl sites for hydroxylation is 2. The largest absolute Gasteiger partial charge is 0.326 e. The van der Waals surface area contributed by atoms with Gasteiger partial charge in [-0.05, 0) is 49.9 Å². The highest BCUT2D eigenvalue weighted by Crippen LogP contribution is 2.20.